The van der Waals surface area contributed by atoms with Gasteiger partial charge in [-0.2, -0.15) is 0 Å². The molecule has 4 rings (SSSR count). The van der Waals surface area contributed by atoms with E-state index in [4.69, 9.17) is 14.7 Å². The zero-order valence-electron chi connectivity index (χ0n) is 17.6. The summed E-state index contributed by atoms with van der Waals surface area (Å²) in [5.74, 6) is 2.26. The Morgan fingerprint density at radius 1 is 1.14 bits per heavy atom. The third-order valence-corrected chi connectivity index (χ3v) is 7.66. The van der Waals surface area contributed by atoms with Crippen LogP contribution in [0, 0.1) is 11.8 Å². The monoisotopic (exact) mass is 415 g/mol. The van der Waals surface area contributed by atoms with Crippen LogP contribution in [-0.2, 0) is 24.2 Å². The maximum Gasteiger partial charge on any atom is 0.126 e. The third-order valence-electron chi connectivity index (χ3n) is 5.04. The van der Waals surface area contributed by atoms with Crippen LogP contribution in [0.1, 0.15) is 58.4 Å². The lowest BCUT2D eigenvalue weighted by atomic mass is 9.88. The fraction of sp³-hybridized carbons (Fsp3) is 0.591. The first-order valence-corrected chi connectivity index (χ1v) is 11.9. The van der Waals surface area contributed by atoms with Crippen molar-refractivity contribution in [1.29, 1.82) is 0 Å². The predicted molar refractivity (Wildman–Crippen MR) is 119 cm³/mol. The molecule has 3 aromatic heterocycles. The van der Waals surface area contributed by atoms with Crippen molar-refractivity contribution in [2.45, 2.75) is 71.6 Å². The molecule has 3 aromatic rings. The molecule has 0 spiro atoms. The van der Waals surface area contributed by atoms with Gasteiger partial charge >= 0.3 is 0 Å². The van der Waals surface area contributed by atoms with Crippen LogP contribution < -0.4 is 0 Å². The van der Waals surface area contributed by atoms with Crippen molar-refractivity contribution in [1.82, 2.24) is 15.0 Å². The van der Waals surface area contributed by atoms with E-state index in [-0.39, 0.29) is 5.60 Å². The summed E-state index contributed by atoms with van der Waals surface area (Å²) in [5, 5.41) is 2.32. The van der Waals surface area contributed by atoms with Crippen molar-refractivity contribution in [2.24, 2.45) is 11.8 Å². The smallest absolute Gasteiger partial charge is 0.126 e. The summed E-state index contributed by atoms with van der Waals surface area (Å²) in [6.45, 7) is 14.0. The van der Waals surface area contributed by atoms with Gasteiger partial charge in [0.25, 0.3) is 0 Å². The van der Waals surface area contributed by atoms with E-state index >= 15 is 0 Å². The fourth-order valence-electron chi connectivity index (χ4n) is 3.76. The third kappa shape index (κ3) is 3.79. The summed E-state index contributed by atoms with van der Waals surface area (Å²) in [6.07, 6.45) is 3.60. The van der Waals surface area contributed by atoms with Gasteiger partial charge < -0.3 is 4.74 Å². The number of aromatic nitrogens is 3. The summed E-state index contributed by atoms with van der Waals surface area (Å²) in [5.41, 5.74) is 4.78. The zero-order valence-corrected chi connectivity index (χ0v) is 19.3. The maximum atomic E-state index is 6.17. The van der Waals surface area contributed by atoms with Gasteiger partial charge in [0, 0.05) is 28.8 Å². The minimum atomic E-state index is -0.160. The molecule has 0 amide bonds. The summed E-state index contributed by atoms with van der Waals surface area (Å²) in [4.78, 5) is 15.5. The fourth-order valence-corrected chi connectivity index (χ4v) is 5.96. The topological polar surface area (TPSA) is 47.9 Å². The van der Waals surface area contributed by atoms with Crippen LogP contribution in [0.2, 0.25) is 0 Å². The van der Waals surface area contributed by atoms with Gasteiger partial charge in [-0.15, -0.1) is 23.1 Å². The Morgan fingerprint density at radius 2 is 1.93 bits per heavy atom. The predicted octanol–water partition coefficient (Wildman–Crippen LogP) is 6.04. The first-order valence-electron chi connectivity index (χ1n) is 10.1. The van der Waals surface area contributed by atoms with E-state index in [0.717, 1.165) is 34.0 Å². The van der Waals surface area contributed by atoms with Gasteiger partial charge in [0.2, 0.25) is 0 Å². The molecule has 0 unspecified atom stereocenters. The first kappa shape index (κ1) is 20.0. The van der Waals surface area contributed by atoms with Crippen molar-refractivity contribution >= 4 is 43.5 Å². The molecule has 150 valence electrons. The average Bonchev–Trinajstić information content (AvgIpc) is 2.97. The molecule has 4 nitrogen and oxygen atoms in total. The molecule has 0 saturated carbocycles. The molecule has 1 aliphatic heterocycles. The largest absolute Gasteiger partial charge is 0.370 e. The first-order chi connectivity index (χ1) is 13.2. The molecule has 28 heavy (non-hydrogen) atoms. The Labute approximate surface area is 175 Å². The molecule has 0 atom stereocenters. The second kappa shape index (κ2) is 7.54. The second-order valence-electron chi connectivity index (χ2n) is 9.18. The minimum absolute atomic E-state index is 0.160. The van der Waals surface area contributed by atoms with Gasteiger partial charge in [-0.05, 0) is 37.7 Å². The standard InChI is InChI=1S/C22H29N3OS2/c1-12(2)7-16-15-9-26-22(5,6)8-14(15)17-18-19(28-20(17)25-16)21(24-11-23-18)27-10-13(3)4/h11-13H,7-10H2,1-6H3. The van der Waals surface area contributed by atoms with Crippen molar-refractivity contribution in [3.8, 4) is 0 Å². The summed E-state index contributed by atoms with van der Waals surface area (Å²) < 4.78 is 7.35. The molecule has 0 N–H and O–H groups in total. The molecular weight excluding hydrogens is 386 g/mol. The van der Waals surface area contributed by atoms with E-state index in [1.807, 2.05) is 11.8 Å². The van der Waals surface area contributed by atoms with E-state index in [1.54, 1.807) is 17.7 Å². The zero-order chi connectivity index (χ0) is 20.1. The molecule has 1 aliphatic rings. The Morgan fingerprint density at radius 3 is 2.64 bits per heavy atom. The highest BCUT2D eigenvalue weighted by molar-refractivity contribution is 7.99. The van der Waals surface area contributed by atoms with Gasteiger partial charge in [-0.1, -0.05) is 27.7 Å². The summed E-state index contributed by atoms with van der Waals surface area (Å²) >= 11 is 3.59. The number of hydrogen-bond acceptors (Lipinski definition) is 6. The summed E-state index contributed by atoms with van der Waals surface area (Å²) in [6, 6.07) is 0. The molecule has 0 aromatic carbocycles. The van der Waals surface area contributed by atoms with E-state index < -0.39 is 0 Å². The Hall–Kier alpha value is -1.24. The van der Waals surface area contributed by atoms with Crippen LogP contribution in [0.4, 0.5) is 0 Å². The van der Waals surface area contributed by atoms with Crippen LogP contribution in [0.3, 0.4) is 0 Å². The van der Waals surface area contributed by atoms with E-state index in [1.165, 1.54) is 26.9 Å². The van der Waals surface area contributed by atoms with Gasteiger partial charge in [0.15, 0.2) is 0 Å². The number of fused-ring (bicyclic) bond motifs is 5. The lowest BCUT2D eigenvalue weighted by molar-refractivity contribution is -0.0402. The van der Waals surface area contributed by atoms with Crippen LogP contribution >= 0.6 is 23.1 Å². The quantitative estimate of drug-likeness (QED) is 0.376. The van der Waals surface area contributed by atoms with Crippen molar-refractivity contribution in [3.63, 3.8) is 0 Å². The normalized spacial score (nSPS) is 16.4. The van der Waals surface area contributed by atoms with Crippen molar-refractivity contribution in [2.75, 3.05) is 5.75 Å². The number of pyridine rings is 1. The molecule has 0 saturated heterocycles. The lowest BCUT2D eigenvalue weighted by Gasteiger charge is -2.33. The number of hydrogen-bond donors (Lipinski definition) is 0. The van der Waals surface area contributed by atoms with Crippen LogP contribution in [-0.4, -0.2) is 26.3 Å². The number of ether oxygens (including phenoxy) is 1. The molecular formula is C22H29N3OS2. The van der Waals surface area contributed by atoms with E-state index in [2.05, 4.69) is 46.5 Å². The average molecular weight is 416 g/mol. The highest BCUT2D eigenvalue weighted by atomic mass is 32.2. The maximum absolute atomic E-state index is 6.17. The molecule has 4 heterocycles. The molecule has 0 bridgehead atoms. The van der Waals surface area contributed by atoms with Gasteiger partial charge in [0.05, 0.1) is 22.4 Å². The number of thiophene rings is 1. The SMILES string of the molecule is CC(C)CSc1ncnc2c1sc1nc(CC(C)C)c3c(c12)CC(C)(C)OC3. The number of nitrogens with zero attached hydrogens (tertiary/aromatic N) is 3. The van der Waals surface area contributed by atoms with Crippen LogP contribution in [0.15, 0.2) is 11.4 Å². The number of thioether (sulfide) groups is 1. The Kier molecular flexibility index (Phi) is 5.40. The van der Waals surface area contributed by atoms with Gasteiger partial charge in [0.1, 0.15) is 16.2 Å². The van der Waals surface area contributed by atoms with Crippen molar-refractivity contribution < 1.29 is 4.74 Å². The van der Waals surface area contributed by atoms with E-state index in [9.17, 15) is 0 Å². The van der Waals surface area contributed by atoms with Crippen LogP contribution in [0.25, 0.3) is 20.4 Å². The van der Waals surface area contributed by atoms with E-state index in [0.29, 0.717) is 18.4 Å². The minimum Gasteiger partial charge on any atom is -0.370 e. The molecule has 0 aliphatic carbocycles. The Balaban J connectivity index is 1.95. The Bertz CT molecular complexity index is 1020. The van der Waals surface area contributed by atoms with Gasteiger partial charge in [-0.3, -0.25) is 0 Å². The highest BCUT2D eigenvalue weighted by Gasteiger charge is 2.31. The lowest BCUT2D eigenvalue weighted by Crippen LogP contribution is -2.33. The summed E-state index contributed by atoms with van der Waals surface area (Å²) in [7, 11) is 0. The molecule has 6 heteroatoms. The van der Waals surface area contributed by atoms with Crippen molar-refractivity contribution in [3.05, 3.63) is 23.1 Å². The van der Waals surface area contributed by atoms with Crippen LogP contribution in [0.5, 0.6) is 0 Å². The molecule has 0 radical (unpaired) electrons. The van der Waals surface area contributed by atoms with Gasteiger partial charge in [-0.25, -0.2) is 15.0 Å². The molecule has 0 fully saturated rings. The highest BCUT2D eigenvalue weighted by Crippen LogP contribution is 2.43. The second-order valence-corrected chi connectivity index (χ2v) is 11.2. The number of rotatable bonds is 5.